The third-order valence-corrected chi connectivity index (χ3v) is 7.03. The summed E-state index contributed by atoms with van der Waals surface area (Å²) in [6.07, 6.45) is 3.93. The van der Waals surface area contributed by atoms with Crippen LogP contribution in [0.4, 0.5) is 5.13 Å². The predicted octanol–water partition coefficient (Wildman–Crippen LogP) is 4.85. The van der Waals surface area contributed by atoms with E-state index in [4.69, 9.17) is 19.2 Å². The first-order valence-corrected chi connectivity index (χ1v) is 13.4. The van der Waals surface area contributed by atoms with Gasteiger partial charge < -0.3 is 24.0 Å². The summed E-state index contributed by atoms with van der Waals surface area (Å²) in [5, 5.41) is 0.868. The molecule has 0 N–H and O–H groups in total. The Morgan fingerprint density at radius 3 is 2.49 bits per heavy atom. The third-order valence-electron chi connectivity index (χ3n) is 6.21. The van der Waals surface area contributed by atoms with Crippen LogP contribution < -0.4 is 19.1 Å². The van der Waals surface area contributed by atoms with Crippen LogP contribution in [0.3, 0.4) is 0 Å². The number of aromatic nitrogens is 2. The first-order valence-electron chi connectivity index (χ1n) is 12.6. The molecule has 3 aromatic rings. The molecule has 0 atom stereocenters. The molecular weight excluding hydrogens is 488 g/mol. The van der Waals surface area contributed by atoms with E-state index in [1.165, 1.54) is 11.5 Å². The lowest BCUT2D eigenvalue weighted by molar-refractivity contribution is -0.129. The summed E-state index contributed by atoms with van der Waals surface area (Å²) < 4.78 is 20.6. The summed E-state index contributed by atoms with van der Waals surface area (Å²) in [7, 11) is 6.77. The Hall–Kier alpha value is -3.33. The first-order chi connectivity index (χ1) is 18.0. The van der Waals surface area contributed by atoms with E-state index in [1.807, 2.05) is 43.4 Å². The molecule has 0 radical (unpaired) electrons. The van der Waals surface area contributed by atoms with Crippen LogP contribution in [0.2, 0.25) is 0 Å². The number of nitrogens with zero attached hydrogens (tertiary/aromatic N) is 4. The Morgan fingerprint density at radius 2 is 1.76 bits per heavy atom. The Bertz CT molecular complexity index is 1140. The standard InChI is InChI=1S/C28H38N4O4S/c1-6-7-15-32(28-29-26(30-37-28)20-22-9-8-10-23(18-22)34-3)17-14-27(33)31(2)16-13-21-11-12-24(35-4)25(19-21)36-5/h8-12,18-19H,6-7,13-17,20H2,1-5H3. The van der Waals surface area contributed by atoms with E-state index < -0.39 is 0 Å². The van der Waals surface area contributed by atoms with E-state index >= 15 is 0 Å². The molecule has 0 fully saturated rings. The van der Waals surface area contributed by atoms with Crippen molar-refractivity contribution < 1.29 is 19.0 Å². The third kappa shape index (κ3) is 8.35. The fourth-order valence-corrected chi connectivity index (χ4v) is 4.68. The zero-order valence-electron chi connectivity index (χ0n) is 22.5. The Kier molecular flexibility index (Phi) is 11.0. The van der Waals surface area contributed by atoms with Crippen LogP contribution in [-0.4, -0.2) is 68.2 Å². The molecule has 37 heavy (non-hydrogen) atoms. The fraction of sp³-hybridized carbons (Fsp3) is 0.464. The van der Waals surface area contributed by atoms with E-state index in [-0.39, 0.29) is 5.91 Å². The van der Waals surface area contributed by atoms with Gasteiger partial charge >= 0.3 is 0 Å². The lowest BCUT2D eigenvalue weighted by Crippen LogP contribution is -2.33. The molecule has 9 heteroatoms. The molecule has 3 rings (SSSR count). The van der Waals surface area contributed by atoms with Crippen LogP contribution in [0.15, 0.2) is 42.5 Å². The minimum Gasteiger partial charge on any atom is -0.497 e. The maximum Gasteiger partial charge on any atom is 0.224 e. The maximum absolute atomic E-state index is 12.9. The molecule has 0 aliphatic carbocycles. The van der Waals surface area contributed by atoms with Gasteiger partial charge in [0.15, 0.2) is 11.5 Å². The van der Waals surface area contributed by atoms with Crippen molar-refractivity contribution in [3.05, 3.63) is 59.4 Å². The number of methoxy groups -OCH3 is 3. The SMILES string of the molecule is CCCCN(CCC(=O)N(C)CCc1ccc(OC)c(OC)c1)c1nc(Cc2cccc(OC)c2)ns1. The van der Waals surface area contributed by atoms with Gasteiger partial charge in [-0.1, -0.05) is 31.5 Å². The number of carbonyl (C=O) groups is 1. The van der Waals surface area contributed by atoms with Crippen LogP contribution in [-0.2, 0) is 17.6 Å². The number of amides is 1. The van der Waals surface area contributed by atoms with Crippen molar-refractivity contribution in [2.24, 2.45) is 0 Å². The second-order valence-corrected chi connectivity index (χ2v) is 9.60. The van der Waals surface area contributed by atoms with Gasteiger partial charge in [0.05, 0.1) is 21.3 Å². The van der Waals surface area contributed by atoms with Gasteiger partial charge in [0.25, 0.3) is 0 Å². The van der Waals surface area contributed by atoms with Gasteiger partial charge in [-0.2, -0.15) is 4.37 Å². The van der Waals surface area contributed by atoms with Crippen molar-refractivity contribution in [1.82, 2.24) is 14.3 Å². The molecule has 1 aromatic heterocycles. The average molecular weight is 527 g/mol. The van der Waals surface area contributed by atoms with Gasteiger partial charge in [-0.15, -0.1) is 0 Å². The molecule has 200 valence electrons. The highest BCUT2D eigenvalue weighted by atomic mass is 32.1. The van der Waals surface area contributed by atoms with Crippen molar-refractivity contribution in [3.8, 4) is 17.2 Å². The molecule has 0 bridgehead atoms. The highest BCUT2D eigenvalue weighted by Gasteiger charge is 2.17. The van der Waals surface area contributed by atoms with Crippen molar-refractivity contribution >= 4 is 22.6 Å². The Labute approximate surface area is 224 Å². The predicted molar refractivity (Wildman–Crippen MR) is 148 cm³/mol. The highest BCUT2D eigenvalue weighted by molar-refractivity contribution is 7.09. The number of anilines is 1. The number of carbonyl (C=O) groups excluding carboxylic acids is 1. The first kappa shape index (κ1) is 28.2. The molecule has 0 aliphatic rings. The summed E-state index contributed by atoms with van der Waals surface area (Å²) in [6.45, 7) is 4.27. The minimum absolute atomic E-state index is 0.114. The summed E-state index contributed by atoms with van der Waals surface area (Å²) >= 11 is 1.40. The summed E-state index contributed by atoms with van der Waals surface area (Å²) in [5.74, 6) is 3.12. The maximum atomic E-state index is 12.9. The average Bonchev–Trinajstić information content (AvgIpc) is 3.39. The summed E-state index contributed by atoms with van der Waals surface area (Å²) in [6, 6.07) is 13.8. The molecule has 0 spiro atoms. The molecule has 0 aliphatic heterocycles. The van der Waals surface area contributed by atoms with E-state index in [2.05, 4.69) is 22.3 Å². The lowest BCUT2D eigenvalue weighted by Gasteiger charge is -2.23. The van der Waals surface area contributed by atoms with Crippen LogP contribution in [0, 0.1) is 0 Å². The summed E-state index contributed by atoms with van der Waals surface area (Å²) in [4.78, 5) is 21.7. The summed E-state index contributed by atoms with van der Waals surface area (Å²) in [5.41, 5.74) is 2.20. The fourth-order valence-electron chi connectivity index (χ4n) is 3.94. The van der Waals surface area contributed by atoms with E-state index in [0.717, 1.165) is 53.6 Å². The number of rotatable bonds is 15. The smallest absolute Gasteiger partial charge is 0.224 e. The lowest BCUT2D eigenvalue weighted by atomic mass is 10.1. The molecule has 0 saturated carbocycles. The van der Waals surface area contributed by atoms with E-state index in [9.17, 15) is 4.79 Å². The topological polar surface area (TPSA) is 77.0 Å². The number of benzene rings is 2. The molecular formula is C28H38N4O4S. The van der Waals surface area contributed by atoms with Crippen LogP contribution >= 0.6 is 11.5 Å². The molecule has 1 heterocycles. The molecule has 2 aromatic carbocycles. The highest BCUT2D eigenvalue weighted by Crippen LogP contribution is 2.28. The molecule has 0 saturated heterocycles. The zero-order valence-corrected chi connectivity index (χ0v) is 23.3. The second-order valence-electron chi connectivity index (χ2n) is 8.87. The number of likely N-dealkylation sites (N-methyl/N-ethyl adjacent to an activating group) is 1. The van der Waals surface area contributed by atoms with Gasteiger partial charge in [-0.25, -0.2) is 4.98 Å². The van der Waals surface area contributed by atoms with Gasteiger partial charge in [0, 0.05) is 51.1 Å². The normalized spacial score (nSPS) is 10.7. The number of hydrogen-bond acceptors (Lipinski definition) is 8. The van der Waals surface area contributed by atoms with Gasteiger partial charge in [-0.3, -0.25) is 4.79 Å². The van der Waals surface area contributed by atoms with E-state index in [1.54, 1.807) is 26.2 Å². The van der Waals surface area contributed by atoms with Crippen molar-refractivity contribution in [3.63, 3.8) is 0 Å². The quantitative estimate of drug-likeness (QED) is 0.280. The number of hydrogen-bond donors (Lipinski definition) is 0. The van der Waals surface area contributed by atoms with Crippen LogP contribution in [0.5, 0.6) is 17.2 Å². The molecule has 0 unspecified atom stereocenters. The Morgan fingerprint density at radius 1 is 0.946 bits per heavy atom. The van der Waals surface area contributed by atoms with E-state index in [0.29, 0.717) is 37.4 Å². The van der Waals surface area contributed by atoms with Crippen LogP contribution in [0.25, 0.3) is 0 Å². The molecule has 1 amide bonds. The van der Waals surface area contributed by atoms with Gasteiger partial charge in [-0.05, 0) is 48.2 Å². The second kappa shape index (κ2) is 14.4. The number of unbranched alkanes of at least 4 members (excludes halogenated alkanes) is 1. The minimum atomic E-state index is 0.114. The largest absolute Gasteiger partial charge is 0.497 e. The zero-order chi connectivity index (χ0) is 26.6. The van der Waals surface area contributed by atoms with Crippen molar-refractivity contribution in [1.29, 1.82) is 0 Å². The molecule has 8 nitrogen and oxygen atoms in total. The Balaban J connectivity index is 1.56. The number of ether oxygens (including phenoxy) is 3. The van der Waals surface area contributed by atoms with Crippen LogP contribution in [0.1, 0.15) is 43.1 Å². The monoisotopic (exact) mass is 526 g/mol. The van der Waals surface area contributed by atoms with Gasteiger partial charge in [0.2, 0.25) is 11.0 Å². The van der Waals surface area contributed by atoms with Crippen molar-refractivity contribution in [2.75, 3.05) is 52.9 Å². The van der Waals surface area contributed by atoms with Crippen molar-refractivity contribution in [2.45, 2.75) is 39.0 Å². The van der Waals surface area contributed by atoms with Gasteiger partial charge in [0.1, 0.15) is 11.6 Å².